The Morgan fingerprint density at radius 1 is 1.03 bits per heavy atom. The third kappa shape index (κ3) is 3.02. The molecule has 0 atom stereocenters. The topological polar surface area (TPSA) is 105 Å². The molecule has 0 fully saturated rings. The molecule has 0 saturated heterocycles. The van der Waals surface area contributed by atoms with Gasteiger partial charge in [-0.1, -0.05) is 0 Å². The van der Waals surface area contributed by atoms with E-state index in [9.17, 15) is 0 Å². The highest BCUT2D eigenvalue weighted by molar-refractivity contribution is 7.15. The van der Waals surface area contributed by atoms with Gasteiger partial charge >= 0.3 is 0 Å². The second kappa shape index (κ2) is 7.24. The van der Waals surface area contributed by atoms with E-state index in [0.717, 1.165) is 33.4 Å². The third-order valence-corrected chi connectivity index (χ3v) is 6.31. The molecule has 0 bridgehead atoms. The van der Waals surface area contributed by atoms with Crippen LogP contribution >= 0.6 is 11.3 Å². The summed E-state index contributed by atoms with van der Waals surface area (Å²) >= 11 is 1.74. The number of nitrogens with one attached hydrogen (secondary N) is 2. The van der Waals surface area contributed by atoms with E-state index in [1.54, 1.807) is 37.0 Å². The molecule has 0 unspecified atom stereocenters. The van der Waals surface area contributed by atoms with Crippen molar-refractivity contribution in [3.05, 3.63) is 59.9 Å². The van der Waals surface area contributed by atoms with E-state index in [1.165, 1.54) is 9.75 Å². The SMILES string of the molecule is COc1cncc(-c2ccc3[nH]nc(-c4nc5nccc(-c6ccc(C)s6)c5[nH]4)c3n2)c1. The van der Waals surface area contributed by atoms with Gasteiger partial charge in [-0.15, -0.1) is 11.3 Å². The average molecular weight is 440 g/mol. The Hall–Kier alpha value is -4.11. The number of ether oxygens (including phenoxy) is 1. The van der Waals surface area contributed by atoms with Gasteiger partial charge in [-0.05, 0) is 43.3 Å². The van der Waals surface area contributed by atoms with Gasteiger partial charge in [-0.3, -0.25) is 10.1 Å². The van der Waals surface area contributed by atoms with Crippen molar-refractivity contribution in [1.82, 2.24) is 35.1 Å². The van der Waals surface area contributed by atoms with Crippen molar-refractivity contribution in [3.8, 4) is 39.0 Å². The number of thiophene rings is 1. The summed E-state index contributed by atoms with van der Waals surface area (Å²) in [6.45, 7) is 2.10. The molecule has 6 aromatic rings. The van der Waals surface area contributed by atoms with Gasteiger partial charge in [0.1, 0.15) is 11.3 Å². The van der Waals surface area contributed by atoms with Crippen molar-refractivity contribution in [1.29, 1.82) is 0 Å². The zero-order valence-electron chi connectivity index (χ0n) is 17.2. The summed E-state index contributed by atoms with van der Waals surface area (Å²) in [5, 5.41) is 7.54. The van der Waals surface area contributed by atoms with Gasteiger partial charge in [0.15, 0.2) is 17.2 Å². The number of aromatic amines is 2. The van der Waals surface area contributed by atoms with Crippen molar-refractivity contribution in [2.45, 2.75) is 6.92 Å². The van der Waals surface area contributed by atoms with Crippen LogP contribution in [0.4, 0.5) is 0 Å². The van der Waals surface area contributed by atoms with Gasteiger partial charge in [0.2, 0.25) is 0 Å². The van der Waals surface area contributed by atoms with E-state index >= 15 is 0 Å². The Kier molecular flexibility index (Phi) is 4.22. The number of hydrogen-bond acceptors (Lipinski definition) is 7. The number of imidazole rings is 1. The second-order valence-electron chi connectivity index (χ2n) is 7.33. The highest BCUT2D eigenvalue weighted by atomic mass is 32.1. The summed E-state index contributed by atoms with van der Waals surface area (Å²) in [6, 6.07) is 12.0. The van der Waals surface area contributed by atoms with Gasteiger partial charge in [-0.25, -0.2) is 15.0 Å². The number of pyridine rings is 3. The molecule has 32 heavy (non-hydrogen) atoms. The molecule has 0 aliphatic carbocycles. The van der Waals surface area contributed by atoms with Crippen molar-refractivity contribution in [2.75, 3.05) is 7.11 Å². The molecule has 6 aromatic heterocycles. The number of nitrogens with zero attached hydrogens (tertiary/aromatic N) is 5. The van der Waals surface area contributed by atoms with Crippen LogP contribution in [0.1, 0.15) is 4.88 Å². The van der Waals surface area contributed by atoms with Gasteiger partial charge in [0.05, 0.1) is 30.0 Å². The van der Waals surface area contributed by atoms with Crippen molar-refractivity contribution in [3.63, 3.8) is 0 Å². The molecule has 6 heterocycles. The number of aromatic nitrogens is 7. The number of rotatable bonds is 4. The molecule has 0 saturated carbocycles. The minimum absolute atomic E-state index is 0.618. The normalized spacial score (nSPS) is 11.4. The zero-order chi connectivity index (χ0) is 21.7. The van der Waals surface area contributed by atoms with Gasteiger partial charge in [0.25, 0.3) is 0 Å². The highest BCUT2D eigenvalue weighted by Gasteiger charge is 2.18. The van der Waals surface area contributed by atoms with Crippen LogP contribution in [0.3, 0.4) is 0 Å². The smallest absolute Gasteiger partial charge is 0.178 e. The molecule has 8 nitrogen and oxygen atoms in total. The number of H-pyrrole nitrogens is 2. The van der Waals surface area contributed by atoms with Crippen LogP contribution in [0.5, 0.6) is 5.75 Å². The van der Waals surface area contributed by atoms with Crippen molar-refractivity contribution < 1.29 is 4.74 Å². The van der Waals surface area contributed by atoms with Crippen LogP contribution in [0, 0.1) is 6.92 Å². The maximum Gasteiger partial charge on any atom is 0.178 e. The molecule has 0 radical (unpaired) electrons. The molecule has 0 aliphatic heterocycles. The Bertz CT molecular complexity index is 1600. The van der Waals surface area contributed by atoms with Crippen LogP contribution in [-0.4, -0.2) is 42.2 Å². The first-order valence-corrected chi connectivity index (χ1v) is 10.8. The largest absolute Gasteiger partial charge is 0.495 e. The Morgan fingerprint density at radius 3 is 2.81 bits per heavy atom. The third-order valence-electron chi connectivity index (χ3n) is 5.27. The predicted octanol–water partition coefficient (Wildman–Crippen LogP) is 5.00. The van der Waals surface area contributed by atoms with Crippen LogP contribution in [-0.2, 0) is 0 Å². The zero-order valence-corrected chi connectivity index (χ0v) is 18.1. The van der Waals surface area contributed by atoms with E-state index in [0.29, 0.717) is 22.9 Å². The second-order valence-corrected chi connectivity index (χ2v) is 8.62. The standard InChI is InChI=1S/C23H17N7OS/c1-12-3-6-18(32-12)15-7-8-25-22-19(15)27-23(28-22)21-20-17(29-30-21)5-4-16(26-20)13-9-14(31-2)11-24-10-13/h3-11H,1-2H3,(H,29,30)(H,25,27,28). The maximum absolute atomic E-state index is 5.29. The molecule has 6 rings (SSSR count). The fraction of sp³-hybridized carbons (Fsp3) is 0.0870. The summed E-state index contributed by atoms with van der Waals surface area (Å²) < 4.78 is 5.29. The molecule has 9 heteroatoms. The van der Waals surface area contributed by atoms with Crippen molar-refractivity contribution >= 4 is 33.5 Å². The summed E-state index contributed by atoms with van der Waals surface area (Å²) in [6.07, 6.45) is 5.21. The Morgan fingerprint density at radius 2 is 1.97 bits per heavy atom. The molecule has 0 aromatic carbocycles. The minimum atomic E-state index is 0.618. The number of methoxy groups -OCH3 is 1. The molecule has 2 N–H and O–H groups in total. The van der Waals surface area contributed by atoms with Crippen LogP contribution in [0.2, 0.25) is 0 Å². The predicted molar refractivity (Wildman–Crippen MR) is 125 cm³/mol. The monoisotopic (exact) mass is 439 g/mol. The minimum Gasteiger partial charge on any atom is -0.495 e. The lowest BCUT2D eigenvalue weighted by molar-refractivity contribution is 0.413. The molecule has 0 aliphatic rings. The van der Waals surface area contributed by atoms with Crippen molar-refractivity contribution in [2.24, 2.45) is 0 Å². The first kappa shape index (κ1) is 18.6. The van der Waals surface area contributed by atoms with E-state index in [2.05, 4.69) is 44.2 Å². The van der Waals surface area contributed by atoms with E-state index in [1.807, 2.05) is 24.3 Å². The fourth-order valence-electron chi connectivity index (χ4n) is 3.70. The molecular formula is C23H17N7OS. The van der Waals surface area contributed by atoms with E-state index in [-0.39, 0.29) is 0 Å². The summed E-state index contributed by atoms with van der Waals surface area (Å²) in [4.78, 5) is 24.1. The first-order chi connectivity index (χ1) is 15.7. The summed E-state index contributed by atoms with van der Waals surface area (Å²) in [5.74, 6) is 1.30. The fourth-order valence-corrected chi connectivity index (χ4v) is 4.60. The number of hydrogen-bond donors (Lipinski definition) is 2. The quantitative estimate of drug-likeness (QED) is 0.400. The number of aryl methyl sites for hydroxylation is 1. The Labute approximate surface area is 186 Å². The Balaban J connectivity index is 1.49. The van der Waals surface area contributed by atoms with E-state index in [4.69, 9.17) is 14.7 Å². The molecular weight excluding hydrogens is 422 g/mol. The lowest BCUT2D eigenvalue weighted by Gasteiger charge is -2.03. The lowest BCUT2D eigenvalue weighted by Crippen LogP contribution is -1.89. The lowest BCUT2D eigenvalue weighted by atomic mass is 10.1. The highest BCUT2D eigenvalue weighted by Crippen LogP contribution is 2.34. The van der Waals surface area contributed by atoms with Crippen LogP contribution in [0.15, 0.2) is 55.0 Å². The van der Waals surface area contributed by atoms with E-state index < -0.39 is 0 Å². The first-order valence-electron chi connectivity index (χ1n) is 9.96. The summed E-state index contributed by atoms with van der Waals surface area (Å²) in [5.41, 5.74) is 6.42. The molecule has 0 amide bonds. The summed E-state index contributed by atoms with van der Waals surface area (Å²) in [7, 11) is 1.62. The van der Waals surface area contributed by atoms with Gasteiger partial charge < -0.3 is 9.72 Å². The maximum atomic E-state index is 5.29. The molecule has 156 valence electrons. The molecule has 0 spiro atoms. The van der Waals surface area contributed by atoms with Gasteiger partial charge in [0, 0.05) is 33.3 Å². The number of fused-ring (bicyclic) bond motifs is 2. The van der Waals surface area contributed by atoms with Crippen LogP contribution in [0.25, 0.3) is 55.4 Å². The van der Waals surface area contributed by atoms with Gasteiger partial charge in [-0.2, -0.15) is 5.10 Å². The van der Waals surface area contributed by atoms with Crippen LogP contribution < -0.4 is 4.74 Å². The average Bonchev–Trinajstić information content (AvgIpc) is 3.55.